The van der Waals surface area contributed by atoms with Crippen LogP contribution in [-0.2, 0) is 16.0 Å². The highest BCUT2D eigenvalue weighted by molar-refractivity contribution is 8.01. The highest BCUT2D eigenvalue weighted by atomic mass is 32.2. The van der Waals surface area contributed by atoms with Gasteiger partial charge in [-0.2, -0.15) is 11.8 Å². The molecule has 168 valence electrons. The van der Waals surface area contributed by atoms with E-state index in [1.54, 1.807) is 0 Å². The number of carboxylic acids is 1. The van der Waals surface area contributed by atoms with Crippen molar-refractivity contribution in [1.29, 1.82) is 0 Å². The Kier molecular flexibility index (Phi) is 10.6. The molecule has 2 aliphatic heterocycles. The highest BCUT2D eigenvalue weighted by Gasteiger charge is 2.46. The van der Waals surface area contributed by atoms with Crippen LogP contribution in [0.3, 0.4) is 0 Å². The molecular weight excluding hydrogens is 404 g/mol. The van der Waals surface area contributed by atoms with Crippen molar-refractivity contribution < 1.29 is 14.6 Å². The number of hydrogen-bond donors (Lipinski definition) is 1. The number of carbonyl (C=O) groups is 1. The molecule has 4 atom stereocenters. The number of rotatable bonds is 13. The molecule has 1 N–H and O–H groups in total. The second-order valence-electron chi connectivity index (χ2n) is 8.60. The van der Waals surface area contributed by atoms with Gasteiger partial charge in [0.25, 0.3) is 0 Å². The molecule has 2 saturated heterocycles. The summed E-state index contributed by atoms with van der Waals surface area (Å²) in [5, 5.41) is 10.4. The van der Waals surface area contributed by atoms with Crippen LogP contribution in [0, 0.1) is 23.7 Å². The van der Waals surface area contributed by atoms with Crippen LogP contribution >= 0.6 is 11.8 Å². The smallest absolute Gasteiger partial charge is 0.303 e. The third-order valence-electron chi connectivity index (χ3n) is 6.40. The zero-order valence-corrected chi connectivity index (χ0v) is 19.3. The number of benzene rings is 1. The SMILES string of the molecule is O=C(O)CCCC=CC[C@@H]1[C@H](CCOCCC#CCCc2ccccc2)[C@@H]2CC[C@H]1S2. The maximum atomic E-state index is 10.6. The van der Waals surface area contributed by atoms with Crippen LogP contribution in [0.15, 0.2) is 42.5 Å². The Bertz CT molecular complexity index is 749. The first-order chi connectivity index (χ1) is 15.2. The molecule has 3 rings (SSSR count). The lowest BCUT2D eigenvalue weighted by molar-refractivity contribution is -0.137. The topological polar surface area (TPSA) is 46.5 Å². The molecule has 2 heterocycles. The van der Waals surface area contributed by atoms with Crippen LogP contribution in [-0.4, -0.2) is 34.8 Å². The lowest BCUT2D eigenvalue weighted by Gasteiger charge is -2.29. The molecule has 0 amide bonds. The largest absolute Gasteiger partial charge is 0.481 e. The predicted octanol–water partition coefficient (Wildman–Crippen LogP) is 6.13. The van der Waals surface area contributed by atoms with Crippen molar-refractivity contribution >= 4 is 17.7 Å². The molecular formula is C27H36O3S. The second-order valence-corrected chi connectivity index (χ2v) is 10.1. The van der Waals surface area contributed by atoms with Crippen LogP contribution in [0.25, 0.3) is 0 Å². The van der Waals surface area contributed by atoms with E-state index in [1.165, 1.54) is 18.4 Å². The van der Waals surface area contributed by atoms with Gasteiger partial charge in [-0.05, 0) is 62.3 Å². The van der Waals surface area contributed by atoms with Crippen molar-refractivity contribution in [2.75, 3.05) is 13.2 Å². The molecule has 0 aliphatic carbocycles. The molecule has 0 unspecified atom stereocenters. The highest BCUT2D eigenvalue weighted by Crippen LogP contribution is 2.55. The van der Waals surface area contributed by atoms with Crippen LogP contribution in [0.4, 0.5) is 0 Å². The Morgan fingerprint density at radius 1 is 1.06 bits per heavy atom. The van der Waals surface area contributed by atoms with Crippen LogP contribution in [0.1, 0.15) is 63.4 Å². The number of allylic oxidation sites excluding steroid dienone is 2. The first-order valence-corrected chi connectivity index (χ1v) is 12.8. The fourth-order valence-electron chi connectivity index (χ4n) is 4.81. The standard InChI is InChI=1S/C27H36O3S/c28-27(29)16-10-2-1-9-15-23-24(26-18-17-25(23)31-26)19-21-30-20-11-4-3-6-12-22-13-7-5-8-14-22/h1,5,7-9,13-14,23-26H,2,6,10-12,15-21H2,(H,28,29)/t23-,24+,25-,26+/m1/s1. The summed E-state index contributed by atoms with van der Waals surface area (Å²) >= 11 is 2.21. The first-order valence-electron chi connectivity index (χ1n) is 11.8. The summed E-state index contributed by atoms with van der Waals surface area (Å²) in [6.45, 7) is 1.58. The van der Waals surface area contributed by atoms with Gasteiger partial charge in [0, 0.05) is 36.4 Å². The summed E-state index contributed by atoms with van der Waals surface area (Å²) in [4.78, 5) is 10.6. The Balaban J connectivity index is 1.27. The summed E-state index contributed by atoms with van der Waals surface area (Å²) in [5.41, 5.74) is 1.35. The average Bonchev–Trinajstić information content (AvgIpc) is 3.37. The molecule has 2 aliphatic rings. The molecule has 4 heteroatoms. The number of aliphatic carboxylic acids is 1. The Morgan fingerprint density at radius 2 is 1.84 bits per heavy atom. The van der Waals surface area contributed by atoms with E-state index < -0.39 is 5.97 Å². The zero-order valence-electron chi connectivity index (χ0n) is 18.5. The first kappa shape index (κ1) is 24.0. The van der Waals surface area contributed by atoms with Crippen molar-refractivity contribution in [2.45, 2.75) is 74.7 Å². The number of thioether (sulfide) groups is 1. The van der Waals surface area contributed by atoms with Gasteiger partial charge in [-0.1, -0.05) is 42.5 Å². The van der Waals surface area contributed by atoms with Crippen molar-refractivity contribution in [2.24, 2.45) is 11.8 Å². The molecule has 0 saturated carbocycles. The molecule has 0 radical (unpaired) electrons. The van der Waals surface area contributed by atoms with Crippen molar-refractivity contribution in [3.63, 3.8) is 0 Å². The Labute approximate surface area is 192 Å². The lowest BCUT2D eigenvalue weighted by atomic mass is 9.76. The minimum atomic E-state index is -0.698. The summed E-state index contributed by atoms with van der Waals surface area (Å²) in [6, 6.07) is 10.5. The molecule has 0 aromatic heterocycles. The molecule has 3 nitrogen and oxygen atoms in total. The fraction of sp³-hybridized carbons (Fsp3) is 0.593. The van der Waals surface area contributed by atoms with Gasteiger partial charge in [-0.15, -0.1) is 11.8 Å². The van der Waals surface area contributed by atoms with Crippen molar-refractivity contribution in [1.82, 2.24) is 0 Å². The summed E-state index contributed by atoms with van der Waals surface area (Å²) in [6.07, 6.45) is 14.2. The van der Waals surface area contributed by atoms with Gasteiger partial charge in [0.05, 0.1) is 6.61 Å². The fourth-order valence-corrected chi connectivity index (χ4v) is 6.86. The minimum Gasteiger partial charge on any atom is -0.481 e. The van der Waals surface area contributed by atoms with Crippen LogP contribution < -0.4 is 0 Å². The molecule has 31 heavy (non-hydrogen) atoms. The number of fused-ring (bicyclic) bond motifs is 2. The maximum absolute atomic E-state index is 10.6. The van der Waals surface area contributed by atoms with E-state index >= 15 is 0 Å². The van der Waals surface area contributed by atoms with Crippen LogP contribution in [0.5, 0.6) is 0 Å². The average molecular weight is 441 g/mol. The van der Waals surface area contributed by atoms with Gasteiger partial charge in [-0.3, -0.25) is 4.79 Å². The van der Waals surface area contributed by atoms with E-state index in [-0.39, 0.29) is 6.42 Å². The number of carboxylic acid groups (broad SMARTS) is 1. The Morgan fingerprint density at radius 3 is 2.65 bits per heavy atom. The summed E-state index contributed by atoms with van der Waals surface area (Å²) in [5.74, 6) is 7.35. The second kappa shape index (κ2) is 13.7. The normalized spacial score (nSPS) is 24.4. The van der Waals surface area contributed by atoms with Crippen molar-refractivity contribution in [3.8, 4) is 11.8 Å². The van der Waals surface area contributed by atoms with E-state index in [0.717, 1.165) is 80.5 Å². The third-order valence-corrected chi connectivity index (χ3v) is 8.27. The van der Waals surface area contributed by atoms with E-state index in [0.29, 0.717) is 0 Å². The van der Waals surface area contributed by atoms with E-state index in [4.69, 9.17) is 9.84 Å². The lowest BCUT2D eigenvalue weighted by Crippen LogP contribution is -2.28. The van der Waals surface area contributed by atoms with Gasteiger partial charge in [0.15, 0.2) is 0 Å². The van der Waals surface area contributed by atoms with Gasteiger partial charge in [0.1, 0.15) is 0 Å². The van der Waals surface area contributed by atoms with Gasteiger partial charge in [0.2, 0.25) is 0 Å². The van der Waals surface area contributed by atoms with Crippen LogP contribution in [0.2, 0.25) is 0 Å². The molecule has 1 aromatic rings. The van der Waals surface area contributed by atoms with E-state index in [9.17, 15) is 4.79 Å². The molecule has 0 spiro atoms. The maximum Gasteiger partial charge on any atom is 0.303 e. The van der Waals surface area contributed by atoms with E-state index in [1.807, 2.05) is 6.07 Å². The molecule has 2 bridgehead atoms. The molecule has 1 aromatic carbocycles. The van der Waals surface area contributed by atoms with Gasteiger partial charge < -0.3 is 9.84 Å². The zero-order chi connectivity index (χ0) is 21.7. The monoisotopic (exact) mass is 440 g/mol. The number of hydrogen-bond acceptors (Lipinski definition) is 3. The molecule has 2 fully saturated rings. The van der Waals surface area contributed by atoms with Gasteiger partial charge >= 0.3 is 5.97 Å². The number of aryl methyl sites for hydroxylation is 1. The van der Waals surface area contributed by atoms with E-state index in [2.05, 4.69) is 60.0 Å². The summed E-state index contributed by atoms with van der Waals surface area (Å²) < 4.78 is 5.91. The summed E-state index contributed by atoms with van der Waals surface area (Å²) in [7, 11) is 0. The predicted molar refractivity (Wildman–Crippen MR) is 129 cm³/mol. The number of ether oxygens (including phenoxy) is 1. The van der Waals surface area contributed by atoms with Crippen molar-refractivity contribution in [3.05, 3.63) is 48.0 Å². The third kappa shape index (κ3) is 8.39. The quantitative estimate of drug-likeness (QED) is 0.228. The Hall–Kier alpha value is -1.70. The minimum absolute atomic E-state index is 0.270. The van der Waals surface area contributed by atoms with Gasteiger partial charge in [-0.25, -0.2) is 0 Å². The number of unbranched alkanes of at least 4 members (excludes halogenated alkanes) is 1.